The van der Waals surface area contributed by atoms with Crippen molar-refractivity contribution in [2.45, 2.75) is 19.3 Å². The van der Waals surface area contributed by atoms with Crippen molar-refractivity contribution in [2.75, 3.05) is 0 Å². The van der Waals surface area contributed by atoms with Crippen LogP contribution in [0.4, 0.5) is 0 Å². The fourth-order valence-corrected chi connectivity index (χ4v) is 2.58. The average Bonchev–Trinajstić information content (AvgIpc) is 2.33. The summed E-state index contributed by atoms with van der Waals surface area (Å²) in [5.74, 6) is 1.16. The molecule has 0 amide bonds. The van der Waals surface area contributed by atoms with Gasteiger partial charge in [-0.2, -0.15) is 0 Å². The maximum atomic E-state index is 10.1. The highest BCUT2D eigenvalue weighted by atomic mass is 16.5. The Morgan fingerprint density at radius 2 is 1.67 bits per heavy atom. The summed E-state index contributed by atoms with van der Waals surface area (Å²) in [5, 5.41) is 19.7. The summed E-state index contributed by atoms with van der Waals surface area (Å²) in [6.45, 7) is 4.01. The van der Waals surface area contributed by atoms with Crippen LogP contribution in [0.3, 0.4) is 0 Å². The van der Waals surface area contributed by atoms with E-state index in [4.69, 9.17) is 4.74 Å². The Balaban J connectivity index is 2.33. The number of phenols is 2. The van der Waals surface area contributed by atoms with Crippen molar-refractivity contribution in [3.63, 3.8) is 0 Å². The summed E-state index contributed by atoms with van der Waals surface area (Å²) < 4.78 is 5.78. The number of fused-ring (bicyclic) bond motifs is 2. The van der Waals surface area contributed by atoms with E-state index < -0.39 is 5.41 Å². The highest BCUT2D eigenvalue weighted by Crippen LogP contribution is 2.52. The van der Waals surface area contributed by atoms with E-state index in [9.17, 15) is 10.2 Å². The number of phenolic OH excluding ortho intramolecular Hbond substituents is 2. The normalized spacial score (nSPS) is 15.4. The fourth-order valence-electron chi connectivity index (χ4n) is 2.58. The zero-order chi connectivity index (χ0) is 12.9. The summed E-state index contributed by atoms with van der Waals surface area (Å²) in [7, 11) is 0. The van der Waals surface area contributed by atoms with E-state index in [1.807, 2.05) is 38.1 Å². The molecule has 0 saturated heterocycles. The van der Waals surface area contributed by atoms with E-state index in [2.05, 4.69) is 0 Å². The van der Waals surface area contributed by atoms with E-state index in [-0.39, 0.29) is 11.5 Å². The Morgan fingerprint density at radius 3 is 2.44 bits per heavy atom. The van der Waals surface area contributed by atoms with Gasteiger partial charge in [0.15, 0.2) is 11.5 Å². The Bertz CT molecular complexity index is 630. The van der Waals surface area contributed by atoms with Crippen molar-refractivity contribution in [1.82, 2.24) is 0 Å². The maximum absolute atomic E-state index is 10.1. The molecule has 2 aromatic carbocycles. The SMILES string of the molecule is CC1(C)c2ccccc2Oc2ccc(O)c(O)c21. The van der Waals surface area contributed by atoms with Crippen LogP contribution in [0.15, 0.2) is 36.4 Å². The molecule has 0 fully saturated rings. The van der Waals surface area contributed by atoms with Gasteiger partial charge in [0.1, 0.15) is 11.5 Å². The van der Waals surface area contributed by atoms with Crippen LogP contribution in [0.5, 0.6) is 23.0 Å². The first-order valence-electron chi connectivity index (χ1n) is 5.84. The molecule has 1 heterocycles. The van der Waals surface area contributed by atoms with Gasteiger partial charge in [0.05, 0.1) is 5.56 Å². The second kappa shape index (κ2) is 3.42. The van der Waals surface area contributed by atoms with Crippen LogP contribution in [0.1, 0.15) is 25.0 Å². The minimum Gasteiger partial charge on any atom is -0.504 e. The van der Waals surface area contributed by atoms with E-state index in [0.717, 1.165) is 11.3 Å². The topological polar surface area (TPSA) is 49.7 Å². The predicted octanol–water partition coefficient (Wildman–Crippen LogP) is 3.53. The van der Waals surface area contributed by atoms with Crippen molar-refractivity contribution < 1.29 is 14.9 Å². The molecule has 0 bridgehead atoms. The van der Waals surface area contributed by atoms with Crippen molar-refractivity contribution >= 4 is 0 Å². The quantitative estimate of drug-likeness (QED) is 0.695. The zero-order valence-electron chi connectivity index (χ0n) is 10.3. The zero-order valence-corrected chi connectivity index (χ0v) is 10.3. The van der Waals surface area contributed by atoms with E-state index >= 15 is 0 Å². The van der Waals surface area contributed by atoms with E-state index in [1.54, 1.807) is 6.07 Å². The molecule has 0 atom stereocenters. The van der Waals surface area contributed by atoms with Crippen molar-refractivity contribution in [2.24, 2.45) is 0 Å². The molecular formula is C15H14O3. The smallest absolute Gasteiger partial charge is 0.165 e. The molecule has 0 unspecified atom stereocenters. The summed E-state index contributed by atoms with van der Waals surface area (Å²) in [6.07, 6.45) is 0. The highest BCUT2D eigenvalue weighted by Gasteiger charge is 2.37. The van der Waals surface area contributed by atoms with Crippen molar-refractivity contribution in [3.8, 4) is 23.0 Å². The van der Waals surface area contributed by atoms with Gasteiger partial charge in [-0.25, -0.2) is 0 Å². The third-order valence-corrected chi connectivity index (χ3v) is 3.52. The lowest BCUT2D eigenvalue weighted by Gasteiger charge is -2.34. The molecule has 2 N–H and O–H groups in total. The second-order valence-corrected chi connectivity index (χ2v) is 5.03. The average molecular weight is 242 g/mol. The molecule has 0 saturated carbocycles. The van der Waals surface area contributed by atoms with Crippen LogP contribution in [-0.4, -0.2) is 10.2 Å². The molecule has 3 rings (SSSR count). The number of ether oxygens (including phenoxy) is 1. The molecule has 0 aromatic heterocycles. The third kappa shape index (κ3) is 1.30. The number of hydrogen-bond donors (Lipinski definition) is 2. The first-order valence-corrected chi connectivity index (χ1v) is 5.84. The summed E-state index contributed by atoms with van der Waals surface area (Å²) in [5.41, 5.74) is 1.21. The van der Waals surface area contributed by atoms with Gasteiger partial charge in [0, 0.05) is 11.0 Å². The minimum absolute atomic E-state index is 0.105. The lowest BCUT2D eigenvalue weighted by molar-refractivity contribution is 0.365. The molecule has 1 aliphatic rings. The standard InChI is InChI=1S/C15H14O3/c1-15(2)9-5-3-4-6-11(9)18-12-8-7-10(16)14(17)13(12)15/h3-8,16-17H,1-2H3. The molecule has 0 spiro atoms. The van der Waals surface area contributed by atoms with Crippen LogP contribution in [-0.2, 0) is 5.41 Å². The van der Waals surface area contributed by atoms with Gasteiger partial charge < -0.3 is 14.9 Å². The van der Waals surface area contributed by atoms with Crippen molar-refractivity contribution in [3.05, 3.63) is 47.5 Å². The number of hydrogen-bond acceptors (Lipinski definition) is 3. The molecular weight excluding hydrogens is 228 g/mol. The Labute approximate surface area is 105 Å². The molecule has 0 radical (unpaired) electrons. The number of rotatable bonds is 0. The maximum Gasteiger partial charge on any atom is 0.165 e. The fraction of sp³-hybridized carbons (Fsp3) is 0.200. The van der Waals surface area contributed by atoms with E-state index in [1.165, 1.54) is 6.07 Å². The molecule has 18 heavy (non-hydrogen) atoms. The van der Waals surface area contributed by atoms with Gasteiger partial charge in [-0.15, -0.1) is 0 Å². The van der Waals surface area contributed by atoms with Crippen LogP contribution < -0.4 is 4.74 Å². The van der Waals surface area contributed by atoms with Gasteiger partial charge in [-0.05, 0) is 18.2 Å². The molecule has 1 aliphatic heterocycles. The first kappa shape index (κ1) is 11.0. The summed E-state index contributed by atoms with van der Waals surface area (Å²) in [6, 6.07) is 10.9. The Hall–Kier alpha value is -2.16. The highest BCUT2D eigenvalue weighted by molar-refractivity contribution is 5.64. The number of para-hydroxylation sites is 1. The van der Waals surface area contributed by atoms with Gasteiger partial charge in [-0.3, -0.25) is 0 Å². The molecule has 3 nitrogen and oxygen atoms in total. The molecule has 2 aromatic rings. The monoisotopic (exact) mass is 242 g/mol. The van der Waals surface area contributed by atoms with E-state index in [0.29, 0.717) is 11.3 Å². The summed E-state index contributed by atoms with van der Waals surface area (Å²) >= 11 is 0. The summed E-state index contributed by atoms with van der Waals surface area (Å²) in [4.78, 5) is 0. The van der Waals surface area contributed by atoms with Crippen molar-refractivity contribution in [1.29, 1.82) is 0 Å². The van der Waals surface area contributed by atoms with Gasteiger partial charge in [0.2, 0.25) is 0 Å². The first-order chi connectivity index (χ1) is 8.51. The largest absolute Gasteiger partial charge is 0.504 e. The number of aromatic hydroxyl groups is 2. The predicted molar refractivity (Wildman–Crippen MR) is 68.4 cm³/mol. The lowest BCUT2D eigenvalue weighted by Crippen LogP contribution is -2.24. The van der Waals surface area contributed by atoms with Crippen LogP contribution in [0.25, 0.3) is 0 Å². The Morgan fingerprint density at radius 1 is 0.944 bits per heavy atom. The van der Waals surface area contributed by atoms with Crippen LogP contribution >= 0.6 is 0 Å². The number of benzene rings is 2. The lowest BCUT2D eigenvalue weighted by atomic mass is 9.75. The minimum atomic E-state index is -0.410. The molecule has 92 valence electrons. The third-order valence-electron chi connectivity index (χ3n) is 3.52. The molecule has 0 aliphatic carbocycles. The second-order valence-electron chi connectivity index (χ2n) is 5.03. The van der Waals surface area contributed by atoms with Gasteiger partial charge in [-0.1, -0.05) is 32.0 Å². The van der Waals surface area contributed by atoms with Crippen LogP contribution in [0.2, 0.25) is 0 Å². The van der Waals surface area contributed by atoms with Crippen LogP contribution in [0, 0.1) is 0 Å². The van der Waals surface area contributed by atoms with Gasteiger partial charge >= 0.3 is 0 Å². The van der Waals surface area contributed by atoms with Gasteiger partial charge in [0.25, 0.3) is 0 Å². The Kier molecular flexibility index (Phi) is 2.08. The molecule has 3 heteroatoms.